The van der Waals surface area contributed by atoms with E-state index in [4.69, 9.17) is 10.00 Å². The molecule has 10 heteroatoms. The van der Waals surface area contributed by atoms with Crippen molar-refractivity contribution in [1.82, 2.24) is 4.98 Å². The fourth-order valence-corrected chi connectivity index (χ4v) is 1.21. The fraction of sp³-hybridized carbons (Fsp3) is 0.333. The summed E-state index contributed by atoms with van der Waals surface area (Å²) in [6.07, 6.45) is -5.45. The summed E-state index contributed by atoms with van der Waals surface area (Å²) in [6, 6.07) is 2.34. The second kappa shape index (κ2) is 5.38. The minimum atomic E-state index is -5.10. The van der Waals surface area contributed by atoms with Crippen LogP contribution < -0.4 is 9.47 Å². The maximum absolute atomic E-state index is 12.1. The highest BCUT2D eigenvalue weighted by Crippen LogP contribution is 2.35. The molecule has 0 spiro atoms. The molecular formula is C9H6F3N3O4. The molecule has 0 aliphatic carbocycles. The van der Waals surface area contributed by atoms with Gasteiger partial charge in [-0.3, -0.25) is 0 Å². The van der Waals surface area contributed by atoms with Crippen LogP contribution >= 0.6 is 0 Å². The lowest BCUT2D eigenvalue weighted by molar-refractivity contribution is -0.393. The Balaban J connectivity index is 3.37. The van der Waals surface area contributed by atoms with Crippen LogP contribution in [0.25, 0.3) is 0 Å². The molecule has 1 aromatic rings. The van der Waals surface area contributed by atoms with Gasteiger partial charge in [0, 0.05) is 6.07 Å². The number of halogens is 3. The second-order valence-corrected chi connectivity index (χ2v) is 3.10. The predicted molar refractivity (Wildman–Crippen MR) is 53.4 cm³/mol. The summed E-state index contributed by atoms with van der Waals surface area (Å²) < 4.78 is 44.5. The van der Waals surface area contributed by atoms with E-state index in [0.717, 1.165) is 7.11 Å². The third-order valence-electron chi connectivity index (χ3n) is 1.87. The summed E-state index contributed by atoms with van der Waals surface area (Å²) in [7, 11) is 1.13. The van der Waals surface area contributed by atoms with Crippen molar-refractivity contribution < 1.29 is 27.6 Å². The van der Waals surface area contributed by atoms with E-state index in [-0.39, 0.29) is 17.9 Å². The first kappa shape index (κ1) is 14.5. The Morgan fingerprint density at radius 1 is 1.53 bits per heavy atom. The second-order valence-electron chi connectivity index (χ2n) is 3.10. The maximum atomic E-state index is 12.1. The third-order valence-corrected chi connectivity index (χ3v) is 1.87. The van der Waals surface area contributed by atoms with E-state index in [1.54, 1.807) is 6.07 Å². The number of aromatic nitrogens is 1. The Morgan fingerprint density at radius 2 is 2.16 bits per heavy atom. The zero-order chi connectivity index (χ0) is 14.6. The molecule has 1 heterocycles. The van der Waals surface area contributed by atoms with Crippen molar-refractivity contribution in [3.05, 3.63) is 21.9 Å². The Hall–Kier alpha value is -2.57. The van der Waals surface area contributed by atoms with Crippen LogP contribution in [0.2, 0.25) is 0 Å². The third kappa shape index (κ3) is 3.70. The fourth-order valence-electron chi connectivity index (χ4n) is 1.21. The van der Waals surface area contributed by atoms with Crippen molar-refractivity contribution in [3.63, 3.8) is 0 Å². The molecule has 0 aliphatic heterocycles. The van der Waals surface area contributed by atoms with Crippen molar-refractivity contribution in [1.29, 1.82) is 5.26 Å². The van der Waals surface area contributed by atoms with Crippen LogP contribution in [-0.4, -0.2) is 23.4 Å². The lowest BCUT2D eigenvalue weighted by atomic mass is 10.2. The minimum Gasteiger partial charge on any atom is -0.492 e. The van der Waals surface area contributed by atoms with Gasteiger partial charge in [0.15, 0.2) is 5.75 Å². The minimum absolute atomic E-state index is 0.147. The van der Waals surface area contributed by atoms with Gasteiger partial charge in [0.2, 0.25) is 11.4 Å². The summed E-state index contributed by atoms with van der Waals surface area (Å²) in [5.74, 6) is -2.44. The number of nitro groups is 1. The predicted octanol–water partition coefficient (Wildman–Crippen LogP) is 1.96. The summed E-state index contributed by atoms with van der Waals surface area (Å²) in [5, 5.41) is 19.1. The van der Waals surface area contributed by atoms with Crippen LogP contribution in [0.5, 0.6) is 11.5 Å². The van der Waals surface area contributed by atoms with E-state index in [0.29, 0.717) is 6.07 Å². The Kier molecular flexibility index (Phi) is 4.11. The zero-order valence-electron chi connectivity index (χ0n) is 9.39. The van der Waals surface area contributed by atoms with Crippen LogP contribution in [0.15, 0.2) is 6.07 Å². The van der Waals surface area contributed by atoms with Crippen molar-refractivity contribution in [2.24, 2.45) is 0 Å². The van der Waals surface area contributed by atoms with Crippen LogP contribution in [0.4, 0.5) is 19.0 Å². The molecule has 0 saturated carbocycles. The SMILES string of the molecule is COc1cc(OC(F)(F)F)c([N+](=O)[O-])nc1CC#N. The summed E-state index contributed by atoms with van der Waals surface area (Å²) >= 11 is 0. The van der Waals surface area contributed by atoms with E-state index in [1.165, 1.54) is 0 Å². The molecular weight excluding hydrogens is 271 g/mol. The molecule has 0 aliphatic rings. The quantitative estimate of drug-likeness (QED) is 0.616. The van der Waals surface area contributed by atoms with Crippen LogP contribution in [0.3, 0.4) is 0 Å². The molecule has 1 rings (SSSR count). The number of hydrogen-bond donors (Lipinski definition) is 0. The Morgan fingerprint density at radius 3 is 2.58 bits per heavy atom. The first-order valence-corrected chi connectivity index (χ1v) is 4.63. The van der Waals surface area contributed by atoms with Crippen molar-refractivity contribution in [2.75, 3.05) is 7.11 Å². The zero-order valence-corrected chi connectivity index (χ0v) is 9.39. The topological polar surface area (TPSA) is 98.3 Å². The van der Waals surface area contributed by atoms with Gasteiger partial charge in [-0.1, -0.05) is 0 Å². The number of hydrogen-bond acceptors (Lipinski definition) is 6. The maximum Gasteiger partial charge on any atom is 0.573 e. The summed E-state index contributed by atoms with van der Waals surface area (Å²) in [4.78, 5) is 12.8. The van der Waals surface area contributed by atoms with Gasteiger partial charge in [0.05, 0.1) is 13.2 Å². The lowest BCUT2D eigenvalue weighted by Crippen LogP contribution is -2.18. The van der Waals surface area contributed by atoms with Gasteiger partial charge < -0.3 is 19.6 Å². The highest BCUT2D eigenvalue weighted by atomic mass is 19.4. The van der Waals surface area contributed by atoms with Gasteiger partial charge in [-0.2, -0.15) is 5.26 Å². The average molecular weight is 277 g/mol. The molecule has 0 aromatic carbocycles. The van der Waals surface area contributed by atoms with Gasteiger partial charge in [-0.15, -0.1) is 13.2 Å². The Labute approximate surface area is 104 Å². The molecule has 0 atom stereocenters. The summed E-state index contributed by atoms with van der Waals surface area (Å²) in [5.41, 5.74) is -0.147. The average Bonchev–Trinajstić information content (AvgIpc) is 2.28. The molecule has 0 N–H and O–H groups in total. The van der Waals surface area contributed by atoms with Crippen molar-refractivity contribution in [3.8, 4) is 17.6 Å². The van der Waals surface area contributed by atoms with E-state index >= 15 is 0 Å². The molecule has 0 bridgehead atoms. The van der Waals surface area contributed by atoms with E-state index in [9.17, 15) is 23.3 Å². The monoisotopic (exact) mass is 277 g/mol. The molecule has 0 unspecified atom stereocenters. The van der Waals surface area contributed by atoms with E-state index in [2.05, 4.69) is 9.72 Å². The highest BCUT2D eigenvalue weighted by molar-refractivity contribution is 5.48. The van der Waals surface area contributed by atoms with Gasteiger partial charge in [-0.05, 0) is 9.91 Å². The van der Waals surface area contributed by atoms with E-state index in [1.807, 2.05) is 0 Å². The largest absolute Gasteiger partial charge is 0.573 e. The molecule has 19 heavy (non-hydrogen) atoms. The van der Waals surface area contributed by atoms with Crippen LogP contribution in [-0.2, 0) is 6.42 Å². The van der Waals surface area contributed by atoms with Crippen molar-refractivity contribution >= 4 is 5.82 Å². The number of alkyl halides is 3. The number of methoxy groups -OCH3 is 1. The highest BCUT2D eigenvalue weighted by Gasteiger charge is 2.36. The number of nitrogens with zero attached hydrogens (tertiary/aromatic N) is 3. The number of ether oxygens (including phenoxy) is 2. The van der Waals surface area contributed by atoms with Gasteiger partial charge in [0.1, 0.15) is 6.42 Å². The molecule has 1 aromatic heterocycles. The standard InChI is InChI=1S/C9H6F3N3O4/c1-18-6-4-7(19-9(10,11)12)8(15(16)17)14-5(6)2-3-13/h4H,2H2,1H3. The molecule has 7 nitrogen and oxygen atoms in total. The first-order chi connectivity index (χ1) is 8.78. The normalized spacial score (nSPS) is 10.7. The number of pyridine rings is 1. The van der Waals surface area contributed by atoms with Gasteiger partial charge in [-0.25, -0.2) is 0 Å². The molecule has 0 amide bonds. The van der Waals surface area contributed by atoms with Gasteiger partial charge >= 0.3 is 12.2 Å². The summed E-state index contributed by atoms with van der Waals surface area (Å²) in [6.45, 7) is 0. The molecule has 0 saturated heterocycles. The van der Waals surface area contributed by atoms with Crippen molar-refractivity contribution in [2.45, 2.75) is 12.8 Å². The van der Waals surface area contributed by atoms with Gasteiger partial charge in [0.25, 0.3) is 0 Å². The first-order valence-electron chi connectivity index (χ1n) is 4.63. The molecule has 102 valence electrons. The van der Waals surface area contributed by atoms with Crippen LogP contribution in [0, 0.1) is 21.4 Å². The molecule has 0 radical (unpaired) electrons. The smallest absolute Gasteiger partial charge is 0.492 e. The lowest BCUT2D eigenvalue weighted by Gasteiger charge is -2.10. The number of rotatable bonds is 4. The van der Waals surface area contributed by atoms with Crippen LogP contribution in [0.1, 0.15) is 5.69 Å². The Bertz CT molecular complexity index is 539. The molecule has 0 fully saturated rings. The van der Waals surface area contributed by atoms with E-state index < -0.39 is 22.9 Å². The number of nitriles is 1.